The van der Waals surface area contributed by atoms with Crippen LogP contribution in [0.5, 0.6) is 0 Å². The summed E-state index contributed by atoms with van der Waals surface area (Å²) in [7, 11) is 0. The number of imide groups is 1. The summed E-state index contributed by atoms with van der Waals surface area (Å²) in [5.41, 5.74) is 2.45. The Hall–Kier alpha value is -2.18. The summed E-state index contributed by atoms with van der Waals surface area (Å²) in [4.78, 5) is 26.4. The first-order valence-electron chi connectivity index (χ1n) is 9.05. The number of rotatable bonds is 7. The van der Waals surface area contributed by atoms with Gasteiger partial charge in [0.15, 0.2) is 0 Å². The van der Waals surface area contributed by atoms with Crippen molar-refractivity contribution >= 4 is 23.3 Å². The first kappa shape index (κ1) is 18.6. The summed E-state index contributed by atoms with van der Waals surface area (Å²) in [5, 5.41) is 8.03. The van der Waals surface area contributed by atoms with Crippen LogP contribution in [-0.4, -0.2) is 36.5 Å². The summed E-state index contributed by atoms with van der Waals surface area (Å²) in [6, 6.07) is 12.3. The van der Waals surface area contributed by atoms with Crippen molar-refractivity contribution in [1.29, 1.82) is 0 Å². The highest BCUT2D eigenvalue weighted by molar-refractivity contribution is 7.10. The summed E-state index contributed by atoms with van der Waals surface area (Å²) in [6.45, 7) is 5.50. The van der Waals surface area contributed by atoms with E-state index in [0.29, 0.717) is 19.0 Å². The van der Waals surface area contributed by atoms with Crippen molar-refractivity contribution in [3.8, 4) is 0 Å². The molecule has 0 aliphatic carbocycles. The van der Waals surface area contributed by atoms with Crippen molar-refractivity contribution in [3.05, 3.63) is 57.8 Å². The average Bonchev–Trinajstić information content (AvgIpc) is 3.33. The number of carbonyl (C=O) groups is 2. The smallest absolute Gasteiger partial charge is 0.324 e. The minimum atomic E-state index is -0.303. The quantitative estimate of drug-likeness (QED) is 0.783. The normalized spacial score (nSPS) is 16.4. The molecule has 1 aromatic heterocycles. The monoisotopic (exact) mass is 371 g/mol. The standard InChI is InChI=1S/C20H25N3O2S/c1-3-14(2)15-6-8-16(9-7-15)19(17-5-4-12-26-17)22-13-18(24)23-11-10-21-20(23)25/h4-9,12,14,19,22H,3,10-11,13H2,1-2H3,(H,21,25)/t14-,19-/m1/s1. The van der Waals surface area contributed by atoms with Crippen LogP contribution in [0, 0.1) is 0 Å². The largest absolute Gasteiger partial charge is 0.336 e. The molecule has 6 heteroatoms. The molecule has 1 aromatic carbocycles. The van der Waals surface area contributed by atoms with Crippen LogP contribution >= 0.6 is 11.3 Å². The van der Waals surface area contributed by atoms with Crippen LogP contribution in [-0.2, 0) is 4.79 Å². The van der Waals surface area contributed by atoms with Crippen LogP contribution in [0.1, 0.15) is 48.2 Å². The fourth-order valence-corrected chi connectivity index (χ4v) is 3.91. The van der Waals surface area contributed by atoms with Crippen LogP contribution in [0.15, 0.2) is 41.8 Å². The van der Waals surface area contributed by atoms with Crippen LogP contribution < -0.4 is 10.6 Å². The van der Waals surface area contributed by atoms with Gasteiger partial charge in [-0.05, 0) is 34.9 Å². The van der Waals surface area contributed by atoms with E-state index in [1.807, 2.05) is 11.4 Å². The number of carbonyl (C=O) groups excluding carboxylic acids is 2. The number of benzene rings is 1. The van der Waals surface area contributed by atoms with E-state index in [0.717, 1.165) is 16.9 Å². The maximum Gasteiger partial charge on any atom is 0.324 e. The van der Waals surface area contributed by atoms with Gasteiger partial charge in [-0.2, -0.15) is 0 Å². The number of nitrogens with one attached hydrogen (secondary N) is 2. The summed E-state index contributed by atoms with van der Waals surface area (Å²) < 4.78 is 0. The average molecular weight is 372 g/mol. The lowest BCUT2D eigenvalue weighted by molar-refractivity contribution is -0.126. The molecule has 0 spiro atoms. The van der Waals surface area contributed by atoms with Gasteiger partial charge < -0.3 is 5.32 Å². The van der Waals surface area contributed by atoms with Gasteiger partial charge in [0, 0.05) is 18.0 Å². The summed E-state index contributed by atoms with van der Waals surface area (Å²) in [5.74, 6) is 0.338. The molecule has 2 heterocycles. The molecule has 0 saturated carbocycles. The maximum absolute atomic E-state index is 12.3. The van der Waals surface area contributed by atoms with Crippen molar-refractivity contribution in [2.24, 2.45) is 0 Å². The highest BCUT2D eigenvalue weighted by Crippen LogP contribution is 2.28. The predicted molar refractivity (Wildman–Crippen MR) is 104 cm³/mol. The first-order chi connectivity index (χ1) is 12.6. The lowest BCUT2D eigenvalue weighted by atomic mass is 9.95. The first-order valence-corrected chi connectivity index (χ1v) is 9.93. The lowest BCUT2D eigenvalue weighted by Gasteiger charge is -2.20. The zero-order valence-corrected chi connectivity index (χ0v) is 16.0. The van der Waals surface area contributed by atoms with Crippen LogP contribution in [0.25, 0.3) is 0 Å². The molecule has 5 nitrogen and oxygen atoms in total. The molecule has 1 fully saturated rings. The van der Waals surface area contributed by atoms with E-state index in [2.05, 4.69) is 54.8 Å². The van der Waals surface area contributed by atoms with E-state index in [1.54, 1.807) is 11.3 Å². The molecular formula is C20H25N3O2S. The zero-order valence-electron chi connectivity index (χ0n) is 15.2. The molecule has 1 saturated heterocycles. The molecule has 138 valence electrons. The van der Waals surface area contributed by atoms with Crippen molar-refractivity contribution in [2.45, 2.75) is 32.2 Å². The van der Waals surface area contributed by atoms with Crippen molar-refractivity contribution < 1.29 is 9.59 Å². The number of thiophene rings is 1. The third-order valence-corrected chi connectivity index (χ3v) is 5.83. The Morgan fingerprint density at radius 2 is 2.00 bits per heavy atom. The Labute approximate surface area is 158 Å². The van der Waals surface area contributed by atoms with Crippen LogP contribution in [0.2, 0.25) is 0 Å². The van der Waals surface area contributed by atoms with Gasteiger partial charge >= 0.3 is 6.03 Å². The molecule has 3 amide bonds. The summed E-state index contributed by atoms with van der Waals surface area (Å²) >= 11 is 1.66. The molecule has 0 radical (unpaired) electrons. The Morgan fingerprint density at radius 3 is 2.58 bits per heavy atom. The zero-order chi connectivity index (χ0) is 18.5. The van der Waals surface area contributed by atoms with Crippen molar-refractivity contribution in [1.82, 2.24) is 15.5 Å². The molecule has 2 N–H and O–H groups in total. The van der Waals surface area contributed by atoms with Gasteiger partial charge in [0.05, 0.1) is 12.6 Å². The number of hydrogen-bond acceptors (Lipinski definition) is 4. The highest BCUT2D eigenvalue weighted by atomic mass is 32.1. The maximum atomic E-state index is 12.3. The molecule has 2 aromatic rings. The Morgan fingerprint density at radius 1 is 1.27 bits per heavy atom. The Kier molecular flexibility index (Phi) is 6.06. The van der Waals surface area contributed by atoms with Crippen molar-refractivity contribution in [2.75, 3.05) is 19.6 Å². The van der Waals surface area contributed by atoms with E-state index in [4.69, 9.17) is 0 Å². The van der Waals surface area contributed by atoms with E-state index in [1.165, 1.54) is 10.5 Å². The van der Waals surface area contributed by atoms with Gasteiger partial charge in [-0.15, -0.1) is 11.3 Å². The van der Waals surface area contributed by atoms with E-state index in [9.17, 15) is 9.59 Å². The third kappa shape index (κ3) is 4.14. The Bertz CT molecular complexity index is 743. The molecule has 1 aliphatic heterocycles. The second-order valence-corrected chi connectivity index (χ2v) is 7.56. The minimum Gasteiger partial charge on any atom is -0.336 e. The second kappa shape index (κ2) is 8.47. The lowest BCUT2D eigenvalue weighted by Crippen LogP contribution is -2.41. The Balaban J connectivity index is 1.74. The molecule has 1 aliphatic rings. The SMILES string of the molecule is CC[C@@H](C)c1ccc([C@@H](NCC(=O)N2CCNC2=O)c2cccs2)cc1. The van der Waals surface area contributed by atoms with Crippen LogP contribution in [0.4, 0.5) is 4.79 Å². The van der Waals surface area contributed by atoms with Crippen LogP contribution in [0.3, 0.4) is 0 Å². The molecular weight excluding hydrogens is 346 g/mol. The molecule has 0 unspecified atom stereocenters. The fourth-order valence-electron chi connectivity index (χ4n) is 3.09. The van der Waals surface area contributed by atoms with Gasteiger partial charge in [0.2, 0.25) is 5.91 Å². The van der Waals surface area contributed by atoms with E-state index >= 15 is 0 Å². The van der Waals surface area contributed by atoms with E-state index in [-0.39, 0.29) is 24.5 Å². The third-order valence-electron chi connectivity index (χ3n) is 4.89. The van der Waals surface area contributed by atoms with Gasteiger partial charge in [0.25, 0.3) is 0 Å². The number of nitrogens with zero attached hydrogens (tertiary/aromatic N) is 1. The number of hydrogen-bond donors (Lipinski definition) is 2. The summed E-state index contributed by atoms with van der Waals surface area (Å²) in [6.07, 6.45) is 1.11. The molecule has 2 atom stereocenters. The van der Waals surface area contributed by atoms with Gasteiger partial charge in [-0.1, -0.05) is 44.2 Å². The number of amides is 3. The second-order valence-electron chi connectivity index (χ2n) is 6.58. The van der Waals surface area contributed by atoms with Gasteiger partial charge in [-0.3, -0.25) is 15.0 Å². The van der Waals surface area contributed by atoms with Gasteiger partial charge in [0.1, 0.15) is 0 Å². The molecule has 0 bridgehead atoms. The predicted octanol–water partition coefficient (Wildman–Crippen LogP) is 3.49. The van der Waals surface area contributed by atoms with Gasteiger partial charge in [-0.25, -0.2) is 4.79 Å². The number of urea groups is 1. The van der Waals surface area contributed by atoms with Crippen molar-refractivity contribution in [3.63, 3.8) is 0 Å². The fraction of sp³-hybridized carbons (Fsp3) is 0.400. The van der Waals surface area contributed by atoms with E-state index < -0.39 is 0 Å². The minimum absolute atomic E-state index is 0.0596. The topological polar surface area (TPSA) is 61.4 Å². The highest BCUT2D eigenvalue weighted by Gasteiger charge is 2.26. The molecule has 26 heavy (non-hydrogen) atoms. The molecule has 3 rings (SSSR count).